The predicted octanol–water partition coefficient (Wildman–Crippen LogP) is 2.09. The van der Waals surface area contributed by atoms with Gasteiger partial charge in [-0.15, -0.1) is 0 Å². The van der Waals surface area contributed by atoms with Crippen molar-refractivity contribution < 1.29 is 13.9 Å². The van der Waals surface area contributed by atoms with Crippen LogP contribution in [0.25, 0.3) is 0 Å². The van der Waals surface area contributed by atoms with Crippen LogP contribution in [0.2, 0.25) is 0 Å². The van der Waals surface area contributed by atoms with Crippen LogP contribution < -0.4 is 5.32 Å². The van der Waals surface area contributed by atoms with Crippen LogP contribution >= 0.6 is 0 Å². The second kappa shape index (κ2) is 7.41. The molecule has 0 atom stereocenters. The van der Waals surface area contributed by atoms with Gasteiger partial charge < -0.3 is 10.1 Å². The van der Waals surface area contributed by atoms with Crippen molar-refractivity contribution in [3.05, 3.63) is 35.6 Å². The minimum atomic E-state index is -0.684. The highest BCUT2D eigenvalue weighted by molar-refractivity contribution is 5.88. The lowest BCUT2D eigenvalue weighted by Gasteiger charge is -2.30. The summed E-state index contributed by atoms with van der Waals surface area (Å²) < 4.78 is 19.6. The smallest absolute Gasteiger partial charge is 0.230 e. The number of benzene rings is 1. The van der Waals surface area contributed by atoms with E-state index in [4.69, 9.17) is 4.74 Å². The van der Waals surface area contributed by atoms with Crippen molar-refractivity contribution in [2.45, 2.75) is 31.1 Å². The van der Waals surface area contributed by atoms with Gasteiger partial charge in [-0.25, -0.2) is 4.39 Å². The Balaban J connectivity index is 1.64. The predicted molar refractivity (Wildman–Crippen MR) is 86.8 cm³/mol. The van der Waals surface area contributed by atoms with Crippen LogP contribution in [-0.2, 0) is 14.9 Å². The molecule has 1 amide bonds. The second-order valence-electron chi connectivity index (χ2n) is 6.48. The lowest BCUT2D eigenvalue weighted by atomic mass is 9.77. The first-order valence-electron chi connectivity index (χ1n) is 8.56. The summed E-state index contributed by atoms with van der Waals surface area (Å²) in [5, 5.41) is 3.05. The number of nitrogens with one attached hydrogen (secondary N) is 1. The highest BCUT2D eigenvalue weighted by atomic mass is 19.1. The van der Waals surface area contributed by atoms with Crippen LogP contribution in [-0.4, -0.2) is 50.2 Å². The summed E-state index contributed by atoms with van der Waals surface area (Å²) in [6.45, 7) is 4.76. The number of ether oxygens (including phenoxy) is 1. The Labute approximate surface area is 137 Å². The van der Waals surface area contributed by atoms with E-state index in [1.807, 2.05) is 6.07 Å². The summed E-state index contributed by atoms with van der Waals surface area (Å²) in [6, 6.07) is 6.72. The molecule has 0 radical (unpaired) electrons. The molecule has 126 valence electrons. The van der Waals surface area contributed by atoms with Crippen LogP contribution in [0.3, 0.4) is 0 Å². The summed E-state index contributed by atoms with van der Waals surface area (Å²) in [6.07, 6.45) is 3.42. The van der Waals surface area contributed by atoms with E-state index in [1.165, 1.54) is 6.07 Å². The number of hydrogen-bond acceptors (Lipinski definition) is 3. The van der Waals surface area contributed by atoms with Gasteiger partial charge in [0.2, 0.25) is 5.91 Å². The van der Waals surface area contributed by atoms with Crippen molar-refractivity contribution in [1.82, 2.24) is 10.2 Å². The summed E-state index contributed by atoms with van der Waals surface area (Å²) in [5.74, 6) is -0.286. The third-order valence-electron chi connectivity index (χ3n) is 5.10. The molecule has 1 aliphatic carbocycles. The first-order valence-corrected chi connectivity index (χ1v) is 8.56. The number of rotatable bonds is 5. The molecule has 1 aromatic rings. The highest BCUT2D eigenvalue weighted by Gasteiger charge is 2.44. The van der Waals surface area contributed by atoms with E-state index in [0.717, 1.165) is 58.5 Å². The molecule has 1 N–H and O–H groups in total. The van der Waals surface area contributed by atoms with Crippen molar-refractivity contribution in [3.8, 4) is 0 Å². The first kappa shape index (κ1) is 16.4. The van der Waals surface area contributed by atoms with Crippen LogP contribution in [0.4, 0.5) is 4.39 Å². The maximum atomic E-state index is 14.3. The monoisotopic (exact) mass is 320 g/mol. The van der Waals surface area contributed by atoms with E-state index < -0.39 is 5.41 Å². The number of amides is 1. The second-order valence-corrected chi connectivity index (χ2v) is 6.48. The van der Waals surface area contributed by atoms with E-state index in [2.05, 4.69) is 10.2 Å². The first-order chi connectivity index (χ1) is 11.2. The Hall–Kier alpha value is -1.46. The zero-order valence-electron chi connectivity index (χ0n) is 13.5. The van der Waals surface area contributed by atoms with Gasteiger partial charge in [0.15, 0.2) is 0 Å². The van der Waals surface area contributed by atoms with Gasteiger partial charge in [0.05, 0.1) is 18.6 Å². The summed E-state index contributed by atoms with van der Waals surface area (Å²) >= 11 is 0. The number of halogens is 1. The number of carbonyl (C=O) groups is 1. The third-order valence-corrected chi connectivity index (χ3v) is 5.10. The van der Waals surface area contributed by atoms with E-state index >= 15 is 0 Å². The maximum absolute atomic E-state index is 14.3. The number of carbonyl (C=O) groups excluding carboxylic acids is 1. The standard InChI is InChI=1S/C18H25FN2O2/c19-16-6-2-1-5-15(16)18(7-3-4-8-18)17(22)20-9-10-21-11-13-23-14-12-21/h1-2,5-6H,3-4,7-14H2,(H,20,22). The number of nitrogens with zero attached hydrogens (tertiary/aromatic N) is 1. The largest absolute Gasteiger partial charge is 0.379 e. The van der Waals surface area contributed by atoms with Crippen molar-refractivity contribution >= 4 is 5.91 Å². The Morgan fingerprint density at radius 2 is 1.91 bits per heavy atom. The summed E-state index contributed by atoms with van der Waals surface area (Å²) in [7, 11) is 0. The Kier molecular flexibility index (Phi) is 5.28. The molecule has 0 bridgehead atoms. The van der Waals surface area contributed by atoms with E-state index in [0.29, 0.717) is 12.1 Å². The lowest BCUT2D eigenvalue weighted by Crippen LogP contribution is -2.47. The minimum absolute atomic E-state index is 0.0200. The van der Waals surface area contributed by atoms with Gasteiger partial charge in [-0.2, -0.15) is 0 Å². The van der Waals surface area contributed by atoms with Crippen LogP contribution in [0, 0.1) is 5.82 Å². The van der Waals surface area contributed by atoms with Gasteiger partial charge in [-0.05, 0) is 18.9 Å². The number of morpholine rings is 1. The molecule has 4 nitrogen and oxygen atoms in total. The molecule has 23 heavy (non-hydrogen) atoms. The molecule has 2 fully saturated rings. The molecule has 1 heterocycles. The zero-order chi connectivity index (χ0) is 16.1. The molecule has 1 aliphatic heterocycles. The third kappa shape index (κ3) is 3.56. The summed E-state index contributed by atoms with van der Waals surface area (Å²) in [4.78, 5) is 15.1. The van der Waals surface area contributed by atoms with Crippen LogP contribution in [0.1, 0.15) is 31.2 Å². The molecule has 1 saturated carbocycles. The van der Waals surface area contributed by atoms with E-state index in [9.17, 15) is 9.18 Å². The Morgan fingerprint density at radius 1 is 1.22 bits per heavy atom. The van der Waals surface area contributed by atoms with E-state index in [-0.39, 0.29) is 11.7 Å². The van der Waals surface area contributed by atoms with Gasteiger partial charge in [0.25, 0.3) is 0 Å². The SMILES string of the molecule is O=C(NCCN1CCOCC1)C1(c2ccccc2F)CCCC1. The topological polar surface area (TPSA) is 41.6 Å². The Morgan fingerprint density at radius 3 is 2.61 bits per heavy atom. The van der Waals surface area contributed by atoms with Crippen molar-refractivity contribution in [2.24, 2.45) is 0 Å². The Bertz CT molecular complexity index is 538. The fraction of sp³-hybridized carbons (Fsp3) is 0.611. The van der Waals surface area contributed by atoms with Gasteiger partial charge in [0, 0.05) is 31.7 Å². The molecular weight excluding hydrogens is 295 g/mol. The molecule has 0 spiro atoms. The summed E-state index contributed by atoms with van der Waals surface area (Å²) in [5.41, 5.74) is -0.127. The molecule has 1 saturated heterocycles. The molecule has 3 rings (SSSR count). The molecule has 2 aliphatic rings. The van der Waals surface area contributed by atoms with Crippen LogP contribution in [0.15, 0.2) is 24.3 Å². The van der Waals surface area contributed by atoms with Crippen molar-refractivity contribution in [3.63, 3.8) is 0 Å². The quantitative estimate of drug-likeness (QED) is 0.903. The fourth-order valence-corrected chi connectivity index (χ4v) is 3.77. The van der Waals surface area contributed by atoms with Gasteiger partial charge >= 0.3 is 0 Å². The molecule has 0 aromatic heterocycles. The normalized spacial score (nSPS) is 21.3. The molecule has 1 aromatic carbocycles. The minimum Gasteiger partial charge on any atom is -0.379 e. The molecular formula is C18H25FN2O2. The van der Waals surface area contributed by atoms with Gasteiger partial charge in [0.1, 0.15) is 5.82 Å². The fourth-order valence-electron chi connectivity index (χ4n) is 3.77. The van der Waals surface area contributed by atoms with Gasteiger partial charge in [-0.3, -0.25) is 9.69 Å². The molecule has 5 heteroatoms. The maximum Gasteiger partial charge on any atom is 0.230 e. The molecule has 0 unspecified atom stereocenters. The average molecular weight is 320 g/mol. The van der Waals surface area contributed by atoms with Crippen molar-refractivity contribution in [1.29, 1.82) is 0 Å². The van der Waals surface area contributed by atoms with E-state index in [1.54, 1.807) is 12.1 Å². The lowest BCUT2D eigenvalue weighted by molar-refractivity contribution is -0.126. The number of hydrogen-bond donors (Lipinski definition) is 1. The zero-order valence-corrected chi connectivity index (χ0v) is 13.5. The average Bonchev–Trinajstić information content (AvgIpc) is 3.07. The van der Waals surface area contributed by atoms with Gasteiger partial charge in [-0.1, -0.05) is 31.0 Å². The highest BCUT2D eigenvalue weighted by Crippen LogP contribution is 2.42. The van der Waals surface area contributed by atoms with Crippen molar-refractivity contribution in [2.75, 3.05) is 39.4 Å². The van der Waals surface area contributed by atoms with Crippen LogP contribution in [0.5, 0.6) is 0 Å².